The van der Waals surface area contributed by atoms with Crippen molar-refractivity contribution in [3.63, 3.8) is 0 Å². The van der Waals surface area contributed by atoms with Crippen molar-refractivity contribution in [2.24, 2.45) is 0 Å². The average molecular weight is 377 g/mol. The van der Waals surface area contributed by atoms with Crippen molar-refractivity contribution in [2.75, 3.05) is 32.6 Å². The minimum Gasteiger partial charge on any atom is -0.495 e. The Morgan fingerprint density at radius 2 is 1.92 bits per heavy atom. The molecule has 1 N–H and O–H groups in total. The third-order valence-electron chi connectivity index (χ3n) is 4.19. The summed E-state index contributed by atoms with van der Waals surface area (Å²) in [7, 11) is 3.44. The molecule has 0 aliphatic heterocycles. The summed E-state index contributed by atoms with van der Waals surface area (Å²) < 4.78 is 11.0. The number of methoxy groups -OCH3 is 1. The zero-order valence-corrected chi connectivity index (χ0v) is 16.3. The molecule has 0 radical (unpaired) electrons. The van der Waals surface area contributed by atoms with Gasteiger partial charge in [-0.05, 0) is 51.2 Å². The lowest BCUT2D eigenvalue weighted by atomic mass is 10.2. The number of hydrogen-bond acceptors (Lipinski definition) is 4. The molecule has 0 bridgehead atoms. The fourth-order valence-corrected chi connectivity index (χ4v) is 2.52. The Balaban J connectivity index is 1.86. The van der Waals surface area contributed by atoms with Crippen molar-refractivity contribution >= 4 is 23.2 Å². The predicted molar refractivity (Wildman–Crippen MR) is 105 cm³/mol. The van der Waals surface area contributed by atoms with Gasteiger partial charge in [0.05, 0.1) is 18.8 Å². The third-order valence-corrected chi connectivity index (χ3v) is 4.43. The Morgan fingerprint density at radius 3 is 2.58 bits per heavy atom. The van der Waals surface area contributed by atoms with Gasteiger partial charge in [0, 0.05) is 11.6 Å². The van der Waals surface area contributed by atoms with Gasteiger partial charge in [0.1, 0.15) is 18.1 Å². The second-order valence-corrected chi connectivity index (χ2v) is 6.59. The number of halogens is 1. The summed E-state index contributed by atoms with van der Waals surface area (Å²) >= 11 is 6.00. The maximum absolute atomic E-state index is 12.5. The molecule has 26 heavy (non-hydrogen) atoms. The number of benzene rings is 2. The van der Waals surface area contributed by atoms with Gasteiger partial charge in [-0.1, -0.05) is 29.3 Å². The van der Waals surface area contributed by atoms with Crippen molar-refractivity contribution in [1.82, 2.24) is 4.90 Å². The summed E-state index contributed by atoms with van der Waals surface area (Å²) in [5.74, 6) is 1.26. The molecule has 1 amide bonds. The Bertz CT molecular complexity index is 734. The Hall–Kier alpha value is -2.24. The van der Waals surface area contributed by atoms with Crippen LogP contribution in [0.25, 0.3) is 0 Å². The summed E-state index contributed by atoms with van der Waals surface area (Å²) in [5.41, 5.74) is 1.75. The number of ether oxygens (including phenoxy) is 2. The van der Waals surface area contributed by atoms with Gasteiger partial charge in [0.25, 0.3) is 0 Å². The van der Waals surface area contributed by atoms with Gasteiger partial charge >= 0.3 is 0 Å². The van der Waals surface area contributed by atoms with Gasteiger partial charge in [0.2, 0.25) is 5.91 Å². The van der Waals surface area contributed by atoms with E-state index in [2.05, 4.69) is 5.32 Å². The lowest BCUT2D eigenvalue weighted by Crippen LogP contribution is -2.41. The SMILES string of the molecule is COc1ccc(Cl)cc1NC(=O)[C@H](C)N(C)CCOc1ccc(C)cc1. The summed E-state index contributed by atoms with van der Waals surface area (Å²) in [6.07, 6.45) is 0. The molecule has 2 aromatic rings. The second-order valence-electron chi connectivity index (χ2n) is 6.15. The fraction of sp³-hybridized carbons (Fsp3) is 0.350. The third kappa shape index (κ3) is 5.64. The van der Waals surface area contributed by atoms with E-state index in [1.54, 1.807) is 25.3 Å². The molecule has 6 heteroatoms. The number of likely N-dealkylation sites (N-methyl/N-ethyl adjacent to an activating group) is 1. The number of carbonyl (C=O) groups is 1. The first-order chi connectivity index (χ1) is 12.4. The molecule has 2 rings (SSSR count). The van der Waals surface area contributed by atoms with Gasteiger partial charge in [0.15, 0.2) is 0 Å². The Kier molecular flexibility index (Phi) is 7.30. The number of anilines is 1. The molecule has 0 fully saturated rings. The van der Waals surface area contributed by atoms with E-state index < -0.39 is 0 Å². The molecular weight excluding hydrogens is 352 g/mol. The van der Waals surface area contributed by atoms with Crippen LogP contribution < -0.4 is 14.8 Å². The lowest BCUT2D eigenvalue weighted by molar-refractivity contribution is -0.120. The highest BCUT2D eigenvalue weighted by molar-refractivity contribution is 6.31. The predicted octanol–water partition coefficient (Wildman–Crippen LogP) is 3.99. The number of rotatable bonds is 8. The highest BCUT2D eigenvalue weighted by atomic mass is 35.5. The fourth-order valence-electron chi connectivity index (χ4n) is 2.35. The molecule has 0 spiro atoms. The van der Waals surface area contributed by atoms with E-state index >= 15 is 0 Å². The molecule has 2 aromatic carbocycles. The van der Waals surface area contributed by atoms with Crippen molar-refractivity contribution in [3.8, 4) is 11.5 Å². The van der Waals surface area contributed by atoms with Crippen LogP contribution in [0.4, 0.5) is 5.69 Å². The van der Waals surface area contributed by atoms with E-state index in [-0.39, 0.29) is 11.9 Å². The van der Waals surface area contributed by atoms with E-state index in [1.807, 2.05) is 50.1 Å². The number of nitrogens with one attached hydrogen (secondary N) is 1. The highest BCUT2D eigenvalue weighted by Gasteiger charge is 2.19. The number of aryl methyl sites for hydroxylation is 1. The standard InChI is InChI=1S/C20H25ClN2O3/c1-14-5-8-17(9-6-14)26-12-11-23(3)15(2)20(24)22-18-13-16(21)7-10-19(18)25-4/h5-10,13,15H,11-12H2,1-4H3,(H,22,24)/t15-/m0/s1. The summed E-state index contributed by atoms with van der Waals surface area (Å²) in [4.78, 5) is 14.4. The maximum atomic E-state index is 12.5. The molecular formula is C20H25ClN2O3. The van der Waals surface area contributed by atoms with Crippen LogP contribution in [0.3, 0.4) is 0 Å². The van der Waals surface area contributed by atoms with Crippen LogP contribution in [0.1, 0.15) is 12.5 Å². The topological polar surface area (TPSA) is 50.8 Å². The molecule has 0 aliphatic carbocycles. The zero-order valence-electron chi connectivity index (χ0n) is 15.6. The molecule has 0 aliphatic rings. The van der Waals surface area contributed by atoms with Crippen molar-refractivity contribution < 1.29 is 14.3 Å². The minimum absolute atomic E-state index is 0.136. The first-order valence-corrected chi connectivity index (χ1v) is 8.82. The second kappa shape index (κ2) is 9.46. The van der Waals surface area contributed by atoms with Crippen LogP contribution in [0, 0.1) is 6.92 Å². The summed E-state index contributed by atoms with van der Waals surface area (Å²) in [6, 6.07) is 12.7. The molecule has 5 nitrogen and oxygen atoms in total. The van der Waals surface area contributed by atoms with E-state index in [4.69, 9.17) is 21.1 Å². The summed E-state index contributed by atoms with van der Waals surface area (Å²) in [6.45, 7) is 5.00. The maximum Gasteiger partial charge on any atom is 0.241 e. The van der Waals surface area contributed by atoms with Crippen LogP contribution in [-0.4, -0.2) is 44.2 Å². The summed E-state index contributed by atoms with van der Waals surface area (Å²) in [5, 5.41) is 3.40. The van der Waals surface area contributed by atoms with Crippen LogP contribution >= 0.6 is 11.6 Å². The number of nitrogens with zero attached hydrogens (tertiary/aromatic N) is 1. The minimum atomic E-state index is -0.333. The Labute approximate surface area is 159 Å². The molecule has 0 unspecified atom stereocenters. The van der Waals surface area contributed by atoms with Crippen molar-refractivity contribution in [3.05, 3.63) is 53.1 Å². The largest absolute Gasteiger partial charge is 0.495 e. The van der Waals surface area contributed by atoms with Crippen LogP contribution in [0.5, 0.6) is 11.5 Å². The van der Waals surface area contributed by atoms with E-state index in [0.29, 0.717) is 29.6 Å². The average Bonchev–Trinajstić information content (AvgIpc) is 2.62. The number of carbonyl (C=O) groups excluding carboxylic acids is 1. The van der Waals surface area contributed by atoms with Crippen LogP contribution in [0.2, 0.25) is 5.02 Å². The van der Waals surface area contributed by atoms with Crippen molar-refractivity contribution in [2.45, 2.75) is 19.9 Å². The molecule has 140 valence electrons. The smallest absolute Gasteiger partial charge is 0.241 e. The Morgan fingerprint density at radius 1 is 1.23 bits per heavy atom. The molecule has 0 aromatic heterocycles. The van der Waals surface area contributed by atoms with Crippen LogP contribution in [-0.2, 0) is 4.79 Å². The first-order valence-electron chi connectivity index (χ1n) is 8.45. The van der Waals surface area contributed by atoms with E-state index in [0.717, 1.165) is 5.75 Å². The molecule has 0 heterocycles. The number of amides is 1. The van der Waals surface area contributed by atoms with Gasteiger partial charge in [-0.25, -0.2) is 0 Å². The van der Waals surface area contributed by atoms with Gasteiger partial charge in [-0.15, -0.1) is 0 Å². The van der Waals surface area contributed by atoms with Gasteiger partial charge in [-0.3, -0.25) is 9.69 Å². The quantitative estimate of drug-likeness (QED) is 0.756. The van der Waals surface area contributed by atoms with E-state index in [1.165, 1.54) is 5.56 Å². The first kappa shape index (κ1) is 20.1. The molecule has 1 atom stereocenters. The normalized spacial score (nSPS) is 11.9. The molecule has 0 saturated carbocycles. The van der Waals surface area contributed by atoms with E-state index in [9.17, 15) is 4.79 Å². The van der Waals surface area contributed by atoms with Gasteiger partial charge in [-0.2, -0.15) is 0 Å². The van der Waals surface area contributed by atoms with Gasteiger partial charge < -0.3 is 14.8 Å². The highest BCUT2D eigenvalue weighted by Crippen LogP contribution is 2.27. The zero-order chi connectivity index (χ0) is 19.1. The lowest BCUT2D eigenvalue weighted by Gasteiger charge is -2.24. The van der Waals surface area contributed by atoms with Crippen molar-refractivity contribution in [1.29, 1.82) is 0 Å². The monoisotopic (exact) mass is 376 g/mol. The number of hydrogen-bond donors (Lipinski definition) is 1. The van der Waals surface area contributed by atoms with Crippen LogP contribution in [0.15, 0.2) is 42.5 Å². The molecule has 0 saturated heterocycles.